The molecule has 3 saturated heterocycles. The fourth-order valence-corrected chi connectivity index (χ4v) is 5.55. The molecule has 2 unspecified atom stereocenters. The highest BCUT2D eigenvalue weighted by molar-refractivity contribution is 5.99. The highest BCUT2D eigenvalue weighted by Gasteiger charge is 2.74. The standard InChI is InChI=1S/C23H39N3O5/c1-5-12-24-19(28)16-15-10-11-23(31-15)17(16)21(30)26(13-8-6-7-9-14-27)18(23)20(29)25-22(2,3)4/h15-18,27H,5-14H2,1-4H3,(H,24,28)(H,25,29)/t15-,16+,17+,18?,23?/m1/s1. The SMILES string of the molecule is CCCNC(=O)[C@@H]1[C@H]2C(=O)N(CCCCCCO)C(C(=O)NC(C)(C)C)C23CC[C@H]1O3. The van der Waals surface area contributed by atoms with Gasteiger partial charge in [-0.3, -0.25) is 14.4 Å². The smallest absolute Gasteiger partial charge is 0.246 e. The fourth-order valence-electron chi connectivity index (χ4n) is 5.55. The molecule has 3 N–H and O–H groups in total. The highest BCUT2D eigenvalue weighted by Crippen LogP contribution is 2.58. The molecule has 3 amide bonds. The van der Waals surface area contributed by atoms with Gasteiger partial charge in [-0.1, -0.05) is 19.8 Å². The Hall–Kier alpha value is -1.67. The van der Waals surface area contributed by atoms with E-state index in [1.165, 1.54) is 0 Å². The molecule has 1 spiro atoms. The Bertz CT molecular complexity index is 691. The lowest BCUT2D eigenvalue weighted by Crippen LogP contribution is -2.58. The van der Waals surface area contributed by atoms with Crippen molar-refractivity contribution in [1.29, 1.82) is 0 Å². The van der Waals surface area contributed by atoms with Crippen LogP contribution in [-0.2, 0) is 19.1 Å². The molecule has 8 heteroatoms. The Morgan fingerprint density at radius 2 is 1.90 bits per heavy atom. The molecule has 3 aliphatic rings. The van der Waals surface area contributed by atoms with E-state index >= 15 is 0 Å². The number of carbonyl (C=O) groups is 3. The Balaban J connectivity index is 1.86. The summed E-state index contributed by atoms with van der Waals surface area (Å²) >= 11 is 0. The number of nitrogens with one attached hydrogen (secondary N) is 2. The van der Waals surface area contributed by atoms with Crippen molar-refractivity contribution in [3.8, 4) is 0 Å². The van der Waals surface area contributed by atoms with Crippen LogP contribution in [0.1, 0.15) is 72.6 Å². The predicted octanol–water partition coefficient (Wildman–Crippen LogP) is 1.35. The third kappa shape index (κ3) is 4.60. The Labute approximate surface area is 185 Å². The molecule has 3 aliphatic heterocycles. The number of aliphatic hydroxyl groups is 1. The third-order valence-electron chi connectivity index (χ3n) is 6.71. The van der Waals surface area contributed by atoms with Crippen molar-refractivity contribution in [3.63, 3.8) is 0 Å². The minimum atomic E-state index is -0.920. The number of amides is 3. The lowest BCUT2D eigenvalue weighted by Gasteiger charge is -2.35. The molecule has 0 radical (unpaired) electrons. The number of rotatable bonds is 10. The zero-order chi connectivity index (χ0) is 22.8. The van der Waals surface area contributed by atoms with Crippen LogP contribution in [0.2, 0.25) is 0 Å². The van der Waals surface area contributed by atoms with Crippen molar-refractivity contribution in [3.05, 3.63) is 0 Å². The van der Waals surface area contributed by atoms with Crippen molar-refractivity contribution in [2.75, 3.05) is 19.7 Å². The summed E-state index contributed by atoms with van der Waals surface area (Å²) in [6, 6.07) is -0.712. The van der Waals surface area contributed by atoms with Crippen LogP contribution in [0.15, 0.2) is 0 Å². The van der Waals surface area contributed by atoms with E-state index in [4.69, 9.17) is 9.84 Å². The van der Waals surface area contributed by atoms with Gasteiger partial charge in [0.2, 0.25) is 17.7 Å². The summed E-state index contributed by atoms with van der Waals surface area (Å²) < 4.78 is 6.37. The molecule has 3 rings (SSSR count). The van der Waals surface area contributed by atoms with Gasteiger partial charge in [0.15, 0.2) is 0 Å². The van der Waals surface area contributed by atoms with E-state index in [2.05, 4.69) is 10.6 Å². The van der Waals surface area contributed by atoms with E-state index in [0.717, 1.165) is 32.1 Å². The van der Waals surface area contributed by atoms with Gasteiger partial charge >= 0.3 is 0 Å². The molecule has 176 valence electrons. The van der Waals surface area contributed by atoms with Gasteiger partial charge in [0, 0.05) is 25.2 Å². The van der Waals surface area contributed by atoms with Gasteiger partial charge in [-0.2, -0.15) is 0 Å². The maximum atomic E-state index is 13.6. The van der Waals surface area contributed by atoms with Crippen LogP contribution in [0.5, 0.6) is 0 Å². The van der Waals surface area contributed by atoms with Crippen molar-refractivity contribution in [2.45, 2.75) is 95.9 Å². The van der Waals surface area contributed by atoms with Crippen LogP contribution >= 0.6 is 0 Å². The van der Waals surface area contributed by atoms with Crippen molar-refractivity contribution >= 4 is 17.7 Å². The van der Waals surface area contributed by atoms with Crippen LogP contribution in [-0.4, -0.2) is 70.7 Å². The normalized spacial score (nSPS) is 31.8. The minimum Gasteiger partial charge on any atom is -0.396 e. The molecule has 0 aromatic heterocycles. The topological polar surface area (TPSA) is 108 Å². The van der Waals surface area contributed by atoms with E-state index < -0.39 is 29.0 Å². The zero-order valence-corrected chi connectivity index (χ0v) is 19.4. The van der Waals surface area contributed by atoms with E-state index in [1.54, 1.807) is 4.90 Å². The Kier molecular flexibility index (Phi) is 7.31. The van der Waals surface area contributed by atoms with Gasteiger partial charge in [-0.15, -0.1) is 0 Å². The van der Waals surface area contributed by atoms with Gasteiger partial charge in [0.25, 0.3) is 0 Å². The maximum absolute atomic E-state index is 13.6. The van der Waals surface area contributed by atoms with E-state index in [-0.39, 0.29) is 30.4 Å². The first-order valence-electron chi connectivity index (χ1n) is 11.8. The number of ether oxygens (including phenoxy) is 1. The molecule has 0 aliphatic carbocycles. The minimum absolute atomic E-state index is 0.130. The second-order valence-electron chi connectivity index (χ2n) is 10.3. The average molecular weight is 438 g/mol. The molecule has 31 heavy (non-hydrogen) atoms. The van der Waals surface area contributed by atoms with E-state index in [1.807, 2.05) is 27.7 Å². The van der Waals surface area contributed by atoms with Crippen LogP contribution in [0.4, 0.5) is 0 Å². The number of unbranched alkanes of at least 4 members (excludes halogenated alkanes) is 3. The highest BCUT2D eigenvalue weighted by atomic mass is 16.5. The molecule has 3 fully saturated rings. The average Bonchev–Trinajstić information content (AvgIpc) is 3.32. The maximum Gasteiger partial charge on any atom is 0.246 e. The Morgan fingerprint density at radius 1 is 1.19 bits per heavy atom. The van der Waals surface area contributed by atoms with Crippen molar-refractivity contribution in [1.82, 2.24) is 15.5 Å². The summed E-state index contributed by atoms with van der Waals surface area (Å²) in [7, 11) is 0. The predicted molar refractivity (Wildman–Crippen MR) is 116 cm³/mol. The van der Waals surface area contributed by atoms with Crippen LogP contribution < -0.4 is 10.6 Å². The number of fused-ring (bicyclic) bond motifs is 1. The lowest BCUT2D eigenvalue weighted by molar-refractivity contribution is -0.142. The molecule has 0 aromatic carbocycles. The first kappa shape index (κ1) is 24.0. The van der Waals surface area contributed by atoms with Gasteiger partial charge in [-0.25, -0.2) is 0 Å². The number of carbonyl (C=O) groups excluding carboxylic acids is 3. The molecule has 3 heterocycles. The number of likely N-dealkylation sites (tertiary alicyclic amines) is 1. The van der Waals surface area contributed by atoms with Crippen LogP contribution in [0, 0.1) is 11.8 Å². The largest absolute Gasteiger partial charge is 0.396 e. The second-order valence-corrected chi connectivity index (χ2v) is 10.3. The molecule has 0 saturated carbocycles. The first-order valence-corrected chi connectivity index (χ1v) is 11.8. The summed E-state index contributed by atoms with van der Waals surface area (Å²) in [5.74, 6) is -1.59. The monoisotopic (exact) mass is 437 g/mol. The first-order chi connectivity index (χ1) is 14.7. The third-order valence-corrected chi connectivity index (χ3v) is 6.71. The number of nitrogens with zero attached hydrogens (tertiary/aromatic N) is 1. The molecule has 8 nitrogen and oxygen atoms in total. The molecule has 5 atom stereocenters. The molecular formula is C23H39N3O5. The summed E-state index contributed by atoms with van der Waals surface area (Å²) in [5, 5.41) is 15.0. The van der Waals surface area contributed by atoms with Crippen LogP contribution in [0.25, 0.3) is 0 Å². The quantitative estimate of drug-likeness (QED) is 0.447. The number of aliphatic hydroxyl groups excluding tert-OH is 1. The van der Waals surface area contributed by atoms with Gasteiger partial charge in [0.1, 0.15) is 11.6 Å². The van der Waals surface area contributed by atoms with E-state index in [9.17, 15) is 14.4 Å². The molecule has 0 aromatic rings. The lowest BCUT2D eigenvalue weighted by atomic mass is 9.70. The second kappa shape index (κ2) is 9.45. The molecule has 2 bridgehead atoms. The summed E-state index contributed by atoms with van der Waals surface area (Å²) in [5.41, 5.74) is -1.35. The van der Waals surface area contributed by atoms with Gasteiger partial charge in [0.05, 0.1) is 17.9 Å². The zero-order valence-electron chi connectivity index (χ0n) is 19.4. The molecular weight excluding hydrogens is 398 g/mol. The summed E-state index contributed by atoms with van der Waals surface area (Å²) in [4.78, 5) is 41.6. The Morgan fingerprint density at radius 3 is 2.55 bits per heavy atom. The van der Waals surface area contributed by atoms with E-state index in [0.29, 0.717) is 25.9 Å². The summed E-state index contributed by atoms with van der Waals surface area (Å²) in [6.45, 7) is 8.94. The fraction of sp³-hybridized carbons (Fsp3) is 0.870. The van der Waals surface area contributed by atoms with Crippen molar-refractivity contribution in [2.24, 2.45) is 11.8 Å². The summed E-state index contributed by atoms with van der Waals surface area (Å²) in [6.07, 6.45) is 5.08. The van der Waals surface area contributed by atoms with Gasteiger partial charge < -0.3 is 25.4 Å². The number of hydrogen-bond acceptors (Lipinski definition) is 5. The van der Waals surface area contributed by atoms with Crippen molar-refractivity contribution < 1.29 is 24.2 Å². The van der Waals surface area contributed by atoms with Gasteiger partial charge in [-0.05, 0) is 52.9 Å². The van der Waals surface area contributed by atoms with Crippen LogP contribution in [0.3, 0.4) is 0 Å². The number of hydrogen-bond donors (Lipinski definition) is 3.